The number of nitrogen functional groups attached to an aromatic ring is 1. The Bertz CT molecular complexity index is 1210. The molecule has 152 valence electrons. The highest BCUT2D eigenvalue weighted by Crippen LogP contribution is 2.26. The summed E-state index contributed by atoms with van der Waals surface area (Å²) in [6.07, 6.45) is 1.10. The van der Waals surface area contributed by atoms with Crippen LogP contribution in [0.4, 0.5) is 11.4 Å². The number of ether oxygens (including phenoxy) is 2. The first kappa shape index (κ1) is 18.6. The van der Waals surface area contributed by atoms with Gasteiger partial charge in [-0.3, -0.25) is 0 Å². The number of nitrogens with two attached hydrogens (primary N) is 1. The minimum Gasteiger partial charge on any atom is -0.488 e. The zero-order valence-electron chi connectivity index (χ0n) is 17.4. The van der Waals surface area contributed by atoms with E-state index < -0.39 is 0 Å². The largest absolute Gasteiger partial charge is 0.488 e. The standard InChI is InChI=1S/C26H26N2O2/c1-3-16(2)28-20-10-6-18(7-11-20)24-15-30-26-12-21-23(14-29-25(21)13-22(24)26)17-4-8-19(27)9-5-17/h4-13,16,28H,3,14-15,27H2,1-2H3. The number of hydrogen-bond acceptors (Lipinski definition) is 4. The maximum absolute atomic E-state index is 6.06. The van der Waals surface area contributed by atoms with Crippen LogP contribution in [0.15, 0.2) is 60.7 Å². The lowest BCUT2D eigenvalue weighted by Gasteiger charge is -2.13. The van der Waals surface area contributed by atoms with Crippen molar-refractivity contribution >= 4 is 22.5 Å². The van der Waals surface area contributed by atoms with E-state index in [0.29, 0.717) is 19.3 Å². The smallest absolute Gasteiger partial charge is 0.128 e. The van der Waals surface area contributed by atoms with Crippen molar-refractivity contribution in [2.45, 2.75) is 26.3 Å². The Morgan fingerprint density at radius 3 is 1.83 bits per heavy atom. The Balaban J connectivity index is 1.54. The molecule has 4 nitrogen and oxygen atoms in total. The normalized spacial score (nSPS) is 15.3. The van der Waals surface area contributed by atoms with Gasteiger partial charge < -0.3 is 20.5 Å². The zero-order chi connectivity index (χ0) is 20.7. The number of fused-ring (bicyclic) bond motifs is 2. The van der Waals surface area contributed by atoms with Gasteiger partial charge in [0.15, 0.2) is 0 Å². The van der Waals surface area contributed by atoms with E-state index in [9.17, 15) is 0 Å². The number of hydrogen-bond donors (Lipinski definition) is 2. The Kier molecular flexibility index (Phi) is 4.62. The van der Waals surface area contributed by atoms with Gasteiger partial charge in [-0.1, -0.05) is 31.2 Å². The number of nitrogens with one attached hydrogen (secondary N) is 1. The summed E-state index contributed by atoms with van der Waals surface area (Å²) in [5.41, 5.74) is 12.4. The van der Waals surface area contributed by atoms with E-state index in [4.69, 9.17) is 15.2 Å². The van der Waals surface area contributed by atoms with Crippen LogP contribution in [0.2, 0.25) is 0 Å². The molecule has 2 heterocycles. The topological polar surface area (TPSA) is 56.5 Å². The summed E-state index contributed by atoms with van der Waals surface area (Å²) in [6.45, 7) is 5.52. The van der Waals surface area contributed by atoms with Gasteiger partial charge in [-0.15, -0.1) is 0 Å². The first-order valence-electron chi connectivity index (χ1n) is 10.5. The molecule has 0 fully saturated rings. The Morgan fingerprint density at radius 2 is 1.33 bits per heavy atom. The molecule has 3 N–H and O–H groups in total. The molecule has 5 rings (SSSR count). The van der Waals surface area contributed by atoms with Gasteiger partial charge >= 0.3 is 0 Å². The molecule has 3 aromatic carbocycles. The molecule has 2 aliphatic heterocycles. The third-order valence-corrected chi connectivity index (χ3v) is 5.99. The molecule has 0 aliphatic carbocycles. The van der Waals surface area contributed by atoms with E-state index in [-0.39, 0.29) is 0 Å². The third kappa shape index (κ3) is 3.28. The molecular formula is C26H26N2O2. The highest BCUT2D eigenvalue weighted by Gasteiger charge is 2.21. The monoisotopic (exact) mass is 398 g/mol. The molecule has 0 amide bonds. The van der Waals surface area contributed by atoms with E-state index >= 15 is 0 Å². The average Bonchev–Trinajstić information content (AvgIpc) is 3.37. The van der Waals surface area contributed by atoms with Crippen molar-refractivity contribution in [3.63, 3.8) is 0 Å². The van der Waals surface area contributed by atoms with Crippen LogP contribution < -0.4 is 31.0 Å². The van der Waals surface area contributed by atoms with Gasteiger partial charge in [0.2, 0.25) is 0 Å². The van der Waals surface area contributed by atoms with Crippen molar-refractivity contribution in [1.29, 1.82) is 0 Å². The SMILES string of the molecule is CCC(C)Nc1ccc(C2=c3cc4c(cc3OC2)=C(c2ccc(N)cc2)CO4)cc1. The Hall–Kier alpha value is -3.40. The van der Waals surface area contributed by atoms with Crippen molar-refractivity contribution in [3.8, 4) is 11.5 Å². The number of anilines is 2. The van der Waals surface area contributed by atoms with Crippen molar-refractivity contribution in [3.05, 3.63) is 82.2 Å². The average molecular weight is 399 g/mol. The highest BCUT2D eigenvalue weighted by atomic mass is 16.5. The highest BCUT2D eigenvalue weighted by molar-refractivity contribution is 5.75. The molecule has 0 saturated carbocycles. The van der Waals surface area contributed by atoms with E-state index in [0.717, 1.165) is 45.3 Å². The van der Waals surface area contributed by atoms with Crippen LogP contribution in [0.1, 0.15) is 31.4 Å². The zero-order valence-corrected chi connectivity index (χ0v) is 17.4. The maximum Gasteiger partial charge on any atom is 0.128 e. The van der Waals surface area contributed by atoms with Crippen molar-refractivity contribution < 1.29 is 9.47 Å². The fraction of sp³-hybridized carbons (Fsp3) is 0.231. The van der Waals surface area contributed by atoms with Crippen LogP contribution in [0.5, 0.6) is 11.5 Å². The summed E-state index contributed by atoms with van der Waals surface area (Å²) in [5.74, 6) is 1.84. The second-order valence-electron chi connectivity index (χ2n) is 8.03. The lowest BCUT2D eigenvalue weighted by atomic mass is 10.0. The van der Waals surface area contributed by atoms with Gasteiger partial charge in [0.05, 0.1) is 0 Å². The first-order chi connectivity index (χ1) is 14.6. The summed E-state index contributed by atoms with van der Waals surface area (Å²) in [6, 6.07) is 21.3. The summed E-state index contributed by atoms with van der Waals surface area (Å²) >= 11 is 0. The summed E-state index contributed by atoms with van der Waals surface area (Å²) in [5, 5.41) is 5.74. The van der Waals surface area contributed by atoms with E-state index in [2.05, 4.69) is 55.6 Å². The lowest BCUT2D eigenvalue weighted by Crippen LogP contribution is -2.13. The number of benzene rings is 3. The van der Waals surface area contributed by atoms with Gasteiger partial charge in [0.25, 0.3) is 0 Å². The Morgan fingerprint density at radius 1 is 0.833 bits per heavy atom. The van der Waals surface area contributed by atoms with Gasteiger partial charge in [-0.2, -0.15) is 0 Å². The van der Waals surface area contributed by atoms with Crippen LogP contribution in [0, 0.1) is 0 Å². The molecule has 2 aliphatic rings. The second-order valence-corrected chi connectivity index (χ2v) is 8.03. The fourth-order valence-corrected chi connectivity index (χ4v) is 4.04. The lowest BCUT2D eigenvalue weighted by molar-refractivity contribution is 0.374. The molecule has 4 heteroatoms. The van der Waals surface area contributed by atoms with Crippen LogP contribution in [-0.2, 0) is 0 Å². The number of rotatable bonds is 5. The van der Waals surface area contributed by atoms with Crippen LogP contribution >= 0.6 is 0 Å². The van der Waals surface area contributed by atoms with Crippen LogP contribution in [0.3, 0.4) is 0 Å². The van der Waals surface area contributed by atoms with Gasteiger partial charge in [-0.05, 0) is 60.9 Å². The van der Waals surface area contributed by atoms with Crippen LogP contribution in [0.25, 0.3) is 11.1 Å². The van der Waals surface area contributed by atoms with E-state index in [1.165, 1.54) is 16.7 Å². The molecule has 1 atom stereocenters. The summed E-state index contributed by atoms with van der Waals surface area (Å²) < 4.78 is 12.1. The predicted octanol–water partition coefficient (Wildman–Crippen LogP) is 3.66. The summed E-state index contributed by atoms with van der Waals surface area (Å²) in [7, 11) is 0. The fourth-order valence-electron chi connectivity index (χ4n) is 4.04. The van der Waals surface area contributed by atoms with Gasteiger partial charge in [0, 0.05) is 39.0 Å². The Labute approximate surface area is 176 Å². The van der Waals surface area contributed by atoms with Gasteiger partial charge in [-0.25, -0.2) is 0 Å². The third-order valence-electron chi connectivity index (χ3n) is 5.99. The van der Waals surface area contributed by atoms with Crippen LogP contribution in [-0.4, -0.2) is 19.3 Å². The minimum atomic E-state index is 0.463. The molecule has 0 radical (unpaired) electrons. The molecule has 0 aromatic heterocycles. The molecular weight excluding hydrogens is 372 g/mol. The molecule has 30 heavy (non-hydrogen) atoms. The molecule has 0 bridgehead atoms. The molecule has 0 saturated heterocycles. The minimum absolute atomic E-state index is 0.463. The van der Waals surface area contributed by atoms with E-state index in [1.807, 2.05) is 24.3 Å². The molecule has 0 spiro atoms. The van der Waals surface area contributed by atoms with Gasteiger partial charge in [0.1, 0.15) is 24.7 Å². The predicted molar refractivity (Wildman–Crippen MR) is 122 cm³/mol. The quantitative estimate of drug-likeness (QED) is 0.644. The first-order valence-corrected chi connectivity index (χ1v) is 10.5. The molecule has 1 unspecified atom stereocenters. The maximum atomic E-state index is 6.06. The second kappa shape index (κ2) is 7.45. The van der Waals surface area contributed by atoms with Crippen molar-refractivity contribution in [2.75, 3.05) is 24.3 Å². The van der Waals surface area contributed by atoms with Crippen molar-refractivity contribution in [1.82, 2.24) is 0 Å². The van der Waals surface area contributed by atoms with E-state index in [1.54, 1.807) is 0 Å². The summed E-state index contributed by atoms with van der Waals surface area (Å²) in [4.78, 5) is 0. The van der Waals surface area contributed by atoms with Crippen molar-refractivity contribution in [2.24, 2.45) is 0 Å². The molecule has 3 aromatic rings.